The van der Waals surface area contributed by atoms with Crippen molar-refractivity contribution in [2.45, 2.75) is 6.04 Å². The molecule has 2 rings (SSSR count). The minimum absolute atomic E-state index is 0.0502. The molecule has 5 nitrogen and oxygen atoms in total. The predicted molar refractivity (Wildman–Crippen MR) is 70.7 cm³/mol. The van der Waals surface area contributed by atoms with Crippen LogP contribution in [0.4, 0.5) is 5.69 Å². The quantitative estimate of drug-likeness (QED) is 0.801. The van der Waals surface area contributed by atoms with Crippen LogP contribution in [0.15, 0.2) is 24.3 Å². The molecule has 0 spiro atoms. The van der Waals surface area contributed by atoms with Crippen LogP contribution in [0, 0.1) is 0 Å². The molecule has 1 fully saturated rings. The molecule has 1 amide bonds. The molecule has 0 saturated carbocycles. The number of ether oxygens (including phenoxy) is 1. The van der Waals surface area contributed by atoms with Crippen molar-refractivity contribution in [2.75, 3.05) is 24.1 Å². The van der Waals surface area contributed by atoms with E-state index < -0.39 is 0 Å². The van der Waals surface area contributed by atoms with Crippen molar-refractivity contribution >= 4 is 29.3 Å². The summed E-state index contributed by atoms with van der Waals surface area (Å²) in [5.41, 5.74) is 1.14. The van der Waals surface area contributed by atoms with Gasteiger partial charge in [-0.25, -0.2) is 4.79 Å². The van der Waals surface area contributed by atoms with Gasteiger partial charge in [-0.3, -0.25) is 10.1 Å². The number of hydrogen-bond acceptors (Lipinski definition) is 5. The van der Waals surface area contributed by atoms with E-state index in [0.717, 1.165) is 11.6 Å². The van der Waals surface area contributed by atoms with Gasteiger partial charge in [0, 0.05) is 17.3 Å². The van der Waals surface area contributed by atoms with E-state index >= 15 is 0 Å². The first kappa shape index (κ1) is 12.9. The standard InChI is InChI=1S/C12H14N2O3S/c1-17-12(16)8-2-4-9(5-3-8)14-11(15)10-6-18-7-13-10/h2-5,10,13H,6-7H2,1H3,(H,14,15). The van der Waals surface area contributed by atoms with E-state index in [-0.39, 0.29) is 17.9 Å². The summed E-state index contributed by atoms with van der Waals surface area (Å²) in [6.45, 7) is 0. The fourth-order valence-corrected chi connectivity index (χ4v) is 2.54. The topological polar surface area (TPSA) is 67.4 Å². The van der Waals surface area contributed by atoms with Crippen LogP contribution in [0.1, 0.15) is 10.4 Å². The fourth-order valence-electron chi connectivity index (χ4n) is 1.60. The molecule has 0 aromatic heterocycles. The largest absolute Gasteiger partial charge is 0.465 e. The number of hydrogen-bond donors (Lipinski definition) is 2. The van der Waals surface area contributed by atoms with Gasteiger partial charge in [-0.15, -0.1) is 11.8 Å². The first-order valence-corrected chi connectivity index (χ1v) is 6.66. The van der Waals surface area contributed by atoms with Gasteiger partial charge in [0.2, 0.25) is 5.91 Å². The van der Waals surface area contributed by atoms with Crippen LogP contribution in [-0.2, 0) is 9.53 Å². The minimum Gasteiger partial charge on any atom is -0.465 e. The second-order valence-electron chi connectivity index (χ2n) is 3.83. The summed E-state index contributed by atoms with van der Waals surface area (Å²) in [5.74, 6) is 1.15. The Kier molecular flexibility index (Phi) is 4.22. The average molecular weight is 266 g/mol. The summed E-state index contributed by atoms with van der Waals surface area (Å²) in [4.78, 5) is 23.0. The van der Waals surface area contributed by atoms with Gasteiger partial charge < -0.3 is 10.1 Å². The van der Waals surface area contributed by atoms with Crippen LogP contribution in [0.5, 0.6) is 0 Å². The molecule has 18 heavy (non-hydrogen) atoms. The third-order valence-corrected chi connectivity index (χ3v) is 3.55. The van der Waals surface area contributed by atoms with Crippen LogP contribution in [0.2, 0.25) is 0 Å². The summed E-state index contributed by atoms with van der Waals surface area (Å²) in [7, 11) is 1.33. The summed E-state index contributed by atoms with van der Waals surface area (Å²) in [6, 6.07) is 6.48. The lowest BCUT2D eigenvalue weighted by molar-refractivity contribution is -0.117. The highest BCUT2D eigenvalue weighted by molar-refractivity contribution is 7.99. The number of carbonyl (C=O) groups is 2. The van der Waals surface area contributed by atoms with Crippen molar-refractivity contribution in [2.24, 2.45) is 0 Å². The Morgan fingerprint density at radius 2 is 2.11 bits per heavy atom. The molecule has 1 atom stereocenters. The van der Waals surface area contributed by atoms with E-state index in [1.165, 1.54) is 7.11 Å². The number of rotatable bonds is 3. The first-order chi connectivity index (χ1) is 8.70. The van der Waals surface area contributed by atoms with Gasteiger partial charge in [0.1, 0.15) is 0 Å². The zero-order valence-electron chi connectivity index (χ0n) is 9.93. The minimum atomic E-state index is -0.387. The molecule has 1 aliphatic rings. The van der Waals surface area contributed by atoms with Crippen molar-refractivity contribution in [3.8, 4) is 0 Å². The lowest BCUT2D eigenvalue weighted by atomic mass is 10.2. The molecule has 6 heteroatoms. The maximum atomic E-state index is 11.8. The summed E-state index contributed by atoms with van der Waals surface area (Å²) < 4.78 is 4.60. The second kappa shape index (κ2) is 5.88. The summed E-state index contributed by atoms with van der Waals surface area (Å²) in [6.07, 6.45) is 0. The number of methoxy groups -OCH3 is 1. The fraction of sp³-hybridized carbons (Fsp3) is 0.333. The molecule has 0 bridgehead atoms. The molecule has 1 heterocycles. The third-order valence-electron chi connectivity index (χ3n) is 2.61. The van der Waals surface area contributed by atoms with Gasteiger partial charge in [-0.2, -0.15) is 0 Å². The van der Waals surface area contributed by atoms with Crippen molar-refractivity contribution in [1.82, 2.24) is 5.32 Å². The summed E-state index contributed by atoms with van der Waals surface area (Å²) in [5, 5.41) is 5.89. The monoisotopic (exact) mass is 266 g/mol. The molecule has 0 radical (unpaired) electrons. The number of anilines is 1. The number of amides is 1. The maximum Gasteiger partial charge on any atom is 0.337 e. The van der Waals surface area contributed by atoms with Crippen LogP contribution in [0.3, 0.4) is 0 Å². The highest BCUT2D eigenvalue weighted by Gasteiger charge is 2.22. The van der Waals surface area contributed by atoms with E-state index in [4.69, 9.17) is 0 Å². The van der Waals surface area contributed by atoms with Gasteiger partial charge in [-0.1, -0.05) is 0 Å². The molecule has 1 unspecified atom stereocenters. The van der Waals surface area contributed by atoms with Crippen LogP contribution in [-0.4, -0.2) is 36.7 Å². The highest BCUT2D eigenvalue weighted by Crippen LogP contribution is 2.14. The van der Waals surface area contributed by atoms with Crippen LogP contribution < -0.4 is 10.6 Å². The first-order valence-electron chi connectivity index (χ1n) is 5.51. The van der Waals surface area contributed by atoms with E-state index in [9.17, 15) is 9.59 Å². The molecule has 2 N–H and O–H groups in total. The maximum absolute atomic E-state index is 11.8. The molecule has 1 aromatic rings. The third kappa shape index (κ3) is 3.02. The lowest BCUT2D eigenvalue weighted by Gasteiger charge is -2.10. The number of esters is 1. The zero-order valence-corrected chi connectivity index (χ0v) is 10.8. The molecule has 1 saturated heterocycles. The van der Waals surface area contributed by atoms with E-state index in [1.807, 2.05) is 0 Å². The molecule has 1 aromatic carbocycles. The Morgan fingerprint density at radius 3 is 2.67 bits per heavy atom. The molecule has 0 aliphatic carbocycles. The molecular weight excluding hydrogens is 252 g/mol. The Labute approximate surface area is 109 Å². The van der Waals surface area contributed by atoms with E-state index in [2.05, 4.69) is 15.4 Å². The Hall–Kier alpha value is -1.53. The number of nitrogens with one attached hydrogen (secondary N) is 2. The molecule has 1 aliphatic heterocycles. The van der Waals surface area contributed by atoms with Crippen LogP contribution in [0.25, 0.3) is 0 Å². The average Bonchev–Trinajstić information content (AvgIpc) is 2.92. The number of carbonyl (C=O) groups excluding carboxylic acids is 2. The van der Waals surface area contributed by atoms with E-state index in [1.54, 1.807) is 36.0 Å². The van der Waals surface area contributed by atoms with Crippen molar-refractivity contribution < 1.29 is 14.3 Å². The van der Waals surface area contributed by atoms with Crippen molar-refractivity contribution in [3.05, 3.63) is 29.8 Å². The number of benzene rings is 1. The smallest absolute Gasteiger partial charge is 0.337 e. The van der Waals surface area contributed by atoms with Gasteiger partial charge in [0.25, 0.3) is 0 Å². The number of thioether (sulfide) groups is 1. The van der Waals surface area contributed by atoms with Gasteiger partial charge in [0.05, 0.1) is 18.7 Å². The van der Waals surface area contributed by atoms with Gasteiger partial charge in [-0.05, 0) is 24.3 Å². The normalized spacial score (nSPS) is 18.4. The highest BCUT2D eigenvalue weighted by atomic mass is 32.2. The van der Waals surface area contributed by atoms with Crippen molar-refractivity contribution in [3.63, 3.8) is 0 Å². The zero-order chi connectivity index (χ0) is 13.0. The predicted octanol–water partition coefficient (Wildman–Crippen LogP) is 1.07. The van der Waals surface area contributed by atoms with E-state index in [0.29, 0.717) is 11.3 Å². The molecular formula is C12H14N2O3S. The van der Waals surface area contributed by atoms with Crippen LogP contribution >= 0.6 is 11.8 Å². The molecule has 96 valence electrons. The SMILES string of the molecule is COC(=O)c1ccc(NC(=O)C2CSCN2)cc1. The van der Waals surface area contributed by atoms with Gasteiger partial charge >= 0.3 is 5.97 Å². The Balaban J connectivity index is 1.97. The Bertz CT molecular complexity index is 441. The Morgan fingerprint density at radius 1 is 1.39 bits per heavy atom. The summed E-state index contributed by atoms with van der Waals surface area (Å²) >= 11 is 1.70. The van der Waals surface area contributed by atoms with Crippen molar-refractivity contribution in [1.29, 1.82) is 0 Å². The second-order valence-corrected chi connectivity index (χ2v) is 4.86. The van der Waals surface area contributed by atoms with Gasteiger partial charge in [0.15, 0.2) is 0 Å². The lowest BCUT2D eigenvalue weighted by Crippen LogP contribution is -2.37.